The van der Waals surface area contributed by atoms with Gasteiger partial charge in [-0.1, -0.05) is 23.2 Å². The highest BCUT2D eigenvalue weighted by molar-refractivity contribution is 7.92. The molecule has 0 aromatic heterocycles. The third-order valence-electron chi connectivity index (χ3n) is 3.79. The van der Waals surface area contributed by atoms with E-state index in [0.29, 0.717) is 0 Å². The van der Waals surface area contributed by atoms with E-state index in [1.54, 1.807) is 6.92 Å². The van der Waals surface area contributed by atoms with Crippen molar-refractivity contribution in [3.63, 3.8) is 0 Å². The third kappa shape index (κ3) is 3.22. The van der Waals surface area contributed by atoms with Gasteiger partial charge in [0.05, 0.1) is 26.4 Å². The fraction of sp³-hybridized carbons (Fsp3) is 0.500. The number of hydrogen-bond donors (Lipinski definition) is 0. The molecule has 0 saturated carbocycles. The van der Waals surface area contributed by atoms with Gasteiger partial charge in [0.15, 0.2) is 9.84 Å². The second-order valence-electron chi connectivity index (χ2n) is 5.39. The Morgan fingerprint density at radius 1 is 1.24 bits per heavy atom. The molecule has 1 unspecified atom stereocenters. The van der Waals surface area contributed by atoms with Gasteiger partial charge < -0.3 is 0 Å². The van der Waals surface area contributed by atoms with E-state index in [9.17, 15) is 16.8 Å². The van der Waals surface area contributed by atoms with Crippen LogP contribution in [-0.2, 0) is 19.9 Å². The molecule has 1 aliphatic heterocycles. The van der Waals surface area contributed by atoms with E-state index >= 15 is 0 Å². The molecule has 1 fully saturated rings. The van der Waals surface area contributed by atoms with Gasteiger partial charge in [0.2, 0.25) is 10.0 Å². The van der Waals surface area contributed by atoms with Crippen LogP contribution in [0.3, 0.4) is 0 Å². The summed E-state index contributed by atoms with van der Waals surface area (Å²) in [6.07, 6.45) is 0.270. The highest BCUT2D eigenvalue weighted by Gasteiger charge is 2.46. The lowest BCUT2D eigenvalue weighted by Crippen LogP contribution is -2.48. The molecule has 0 spiro atoms. The summed E-state index contributed by atoms with van der Waals surface area (Å²) in [5.41, 5.74) is -0.955. The first-order valence-corrected chi connectivity index (χ1v) is 10.1. The van der Waals surface area contributed by atoms with E-state index in [0.717, 1.165) is 4.31 Å². The maximum Gasteiger partial charge on any atom is 0.243 e. The molecule has 1 saturated heterocycles. The van der Waals surface area contributed by atoms with E-state index in [1.807, 2.05) is 0 Å². The minimum atomic E-state index is -3.84. The summed E-state index contributed by atoms with van der Waals surface area (Å²) in [4.78, 5) is -0.00933. The highest BCUT2D eigenvalue weighted by Crippen LogP contribution is 2.34. The van der Waals surface area contributed by atoms with Gasteiger partial charge >= 0.3 is 0 Å². The molecule has 1 atom stereocenters. The van der Waals surface area contributed by atoms with E-state index in [1.165, 1.54) is 25.2 Å². The van der Waals surface area contributed by atoms with Gasteiger partial charge in [0, 0.05) is 12.6 Å². The lowest BCUT2D eigenvalue weighted by atomic mass is 10.0. The molecule has 2 rings (SSSR count). The lowest BCUT2D eigenvalue weighted by molar-refractivity contribution is 0.272. The number of nitrogens with zero attached hydrogens (tertiary/aromatic N) is 1. The molecule has 21 heavy (non-hydrogen) atoms. The summed E-state index contributed by atoms with van der Waals surface area (Å²) in [6, 6.07) is 4.02. The Kier molecular flexibility index (Phi) is 4.36. The molecule has 0 N–H and O–H groups in total. The highest BCUT2D eigenvalue weighted by atomic mass is 35.5. The van der Waals surface area contributed by atoms with Crippen LogP contribution in [-0.4, -0.2) is 45.2 Å². The third-order valence-corrected chi connectivity index (χ3v) is 8.43. The van der Waals surface area contributed by atoms with Crippen LogP contribution in [0.4, 0.5) is 0 Å². The first-order chi connectivity index (χ1) is 9.48. The lowest BCUT2D eigenvalue weighted by Gasteiger charge is -2.33. The number of halogens is 2. The first-order valence-electron chi connectivity index (χ1n) is 6.12. The molecule has 0 bridgehead atoms. The predicted octanol–water partition coefficient (Wildman–Crippen LogP) is 2.19. The van der Waals surface area contributed by atoms with Crippen LogP contribution in [0.25, 0.3) is 0 Å². The smallest absolute Gasteiger partial charge is 0.229 e. The molecule has 0 aliphatic carbocycles. The monoisotopic (exact) mass is 371 g/mol. The molecule has 1 aromatic carbocycles. The second kappa shape index (κ2) is 5.38. The zero-order chi connectivity index (χ0) is 16.1. The maximum atomic E-state index is 12.6. The molecule has 9 heteroatoms. The van der Waals surface area contributed by atoms with E-state index in [-0.39, 0.29) is 32.9 Å². The molecule has 5 nitrogen and oxygen atoms in total. The Balaban J connectivity index is 2.42. The second-order valence-corrected chi connectivity index (χ2v) is 10.4. The van der Waals surface area contributed by atoms with Gasteiger partial charge in [-0.3, -0.25) is 0 Å². The van der Waals surface area contributed by atoms with Gasteiger partial charge in [-0.2, -0.15) is 4.31 Å². The molecular formula is C12H15Cl2NO4S2. The first kappa shape index (κ1) is 17.0. The molecule has 1 aliphatic rings. The molecule has 118 valence electrons. The Hall–Kier alpha value is -0.340. The Morgan fingerprint density at radius 3 is 2.33 bits per heavy atom. The van der Waals surface area contributed by atoms with Crippen molar-refractivity contribution in [3.05, 3.63) is 28.2 Å². The van der Waals surface area contributed by atoms with E-state index in [4.69, 9.17) is 23.2 Å². The van der Waals surface area contributed by atoms with E-state index < -0.39 is 25.4 Å². The Labute approximate surface area is 134 Å². The molecule has 0 amide bonds. The zero-order valence-corrected chi connectivity index (χ0v) is 14.7. The summed E-state index contributed by atoms with van der Waals surface area (Å²) in [5.74, 6) is -0.193. The SMILES string of the molecule is CN(C1(C)CCS(=O)(=O)C1)S(=O)(=O)c1ccc(Cl)c(Cl)c1. The van der Waals surface area contributed by atoms with Crippen molar-refractivity contribution >= 4 is 43.1 Å². The zero-order valence-electron chi connectivity index (χ0n) is 11.5. The van der Waals surface area contributed by atoms with Crippen LogP contribution in [0.15, 0.2) is 23.1 Å². The number of benzene rings is 1. The van der Waals surface area contributed by atoms with Crippen LogP contribution in [0.1, 0.15) is 13.3 Å². The Morgan fingerprint density at radius 2 is 1.86 bits per heavy atom. The van der Waals surface area contributed by atoms with Gasteiger partial charge in [0.1, 0.15) is 0 Å². The largest absolute Gasteiger partial charge is 0.243 e. The van der Waals surface area contributed by atoms with Gasteiger partial charge in [0.25, 0.3) is 0 Å². The van der Waals surface area contributed by atoms with Gasteiger partial charge in [-0.15, -0.1) is 0 Å². The molecule has 1 heterocycles. The minimum Gasteiger partial charge on any atom is -0.229 e. The predicted molar refractivity (Wildman–Crippen MR) is 83.1 cm³/mol. The van der Waals surface area contributed by atoms with Crippen molar-refractivity contribution in [2.45, 2.75) is 23.8 Å². The van der Waals surface area contributed by atoms with Crippen LogP contribution in [0.2, 0.25) is 10.0 Å². The van der Waals surface area contributed by atoms with Crippen molar-refractivity contribution in [2.75, 3.05) is 18.6 Å². The van der Waals surface area contributed by atoms with Gasteiger partial charge in [-0.25, -0.2) is 16.8 Å². The standard InChI is InChI=1S/C12H15Cl2NO4S2/c1-12(5-6-20(16,17)8-12)15(2)21(18,19)9-3-4-10(13)11(14)7-9/h3-4,7H,5-6,8H2,1-2H3. The van der Waals surface area contributed by atoms with Crippen molar-refractivity contribution in [1.82, 2.24) is 4.31 Å². The molecule has 1 aromatic rings. The quantitative estimate of drug-likeness (QED) is 0.816. The summed E-state index contributed by atoms with van der Waals surface area (Å²) in [7, 11) is -5.67. The fourth-order valence-electron chi connectivity index (χ4n) is 2.33. The summed E-state index contributed by atoms with van der Waals surface area (Å²) >= 11 is 11.6. The van der Waals surface area contributed by atoms with Crippen LogP contribution in [0.5, 0.6) is 0 Å². The van der Waals surface area contributed by atoms with Crippen molar-refractivity contribution in [3.8, 4) is 0 Å². The Bertz CT molecular complexity index is 776. The summed E-state index contributed by atoms with van der Waals surface area (Å²) < 4.78 is 49.7. The minimum absolute atomic E-state index is 0.00919. The average Bonchev–Trinajstić information content (AvgIpc) is 2.67. The van der Waals surface area contributed by atoms with Crippen molar-refractivity contribution < 1.29 is 16.8 Å². The maximum absolute atomic E-state index is 12.6. The van der Waals surface area contributed by atoms with Crippen LogP contribution in [0, 0.1) is 0 Å². The van der Waals surface area contributed by atoms with Gasteiger partial charge in [-0.05, 0) is 31.5 Å². The normalized spacial score (nSPS) is 25.4. The average molecular weight is 372 g/mol. The molecule has 0 radical (unpaired) electrons. The van der Waals surface area contributed by atoms with E-state index in [2.05, 4.69) is 0 Å². The summed E-state index contributed by atoms with van der Waals surface area (Å²) in [6.45, 7) is 1.63. The number of sulfonamides is 1. The topological polar surface area (TPSA) is 71.5 Å². The number of sulfone groups is 1. The van der Waals surface area contributed by atoms with Crippen molar-refractivity contribution in [1.29, 1.82) is 0 Å². The van der Waals surface area contributed by atoms with Crippen LogP contribution < -0.4 is 0 Å². The van der Waals surface area contributed by atoms with Crippen LogP contribution >= 0.6 is 23.2 Å². The molecular weight excluding hydrogens is 357 g/mol. The number of rotatable bonds is 3. The fourth-order valence-corrected chi connectivity index (χ4v) is 6.51. The number of hydrogen-bond acceptors (Lipinski definition) is 4. The summed E-state index contributed by atoms with van der Waals surface area (Å²) in [5, 5.41) is 0.392. The van der Waals surface area contributed by atoms with Crippen molar-refractivity contribution in [2.24, 2.45) is 0 Å².